The van der Waals surface area contributed by atoms with Gasteiger partial charge in [-0.15, -0.1) is 11.3 Å². The maximum atomic E-state index is 13.5. The number of carbonyl (C=O) groups is 2. The van der Waals surface area contributed by atoms with E-state index in [0.29, 0.717) is 29.3 Å². The van der Waals surface area contributed by atoms with Crippen LogP contribution in [0.1, 0.15) is 9.67 Å². The molecule has 0 unspecified atom stereocenters. The summed E-state index contributed by atoms with van der Waals surface area (Å²) in [6.07, 6.45) is 1.64. The highest BCUT2D eigenvalue weighted by atomic mass is 32.1. The highest BCUT2D eigenvalue weighted by molar-refractivity contribution is 7.17. The van der Waals surface area contributed by atoms with E-state index < -0.39 is 5.91 Å². The number of aromatic nitrogens is 2. The maximum absolute atomic E-state index is 13.5. The van der Waals surface area contributed by atoms with Gasteiger partial charge in [0.2, 0.25) is 0 Å². The van der Waals surface area contributed by atoms with E-state index in [4.69, 9.17) is 5.73 Å². The molecule has 150 valence electrons. The number of rotatable bonds is 4. The highest BCUT2D eigenvalue weighted by Crippen LogP contribution is 2.37. The molecule has 9 heteroatoms. The Balaban J connectivity index is 1.74. The van der Waals surface area contributed by atoms with Crippen LogP contribution < -0.4 is 10.6 Å². The molecule has 3 aromatic rings. The molecule has 3 heterocycles. The number of aromatic amines is 1. The van der Waals surface area contributed by atoms with Crippen LogP contribution in [0.25, 0.3) is 10.6 Å². The maximum Gasteiger partial charge on any atom is 0.329 e. The number of carbonyl (C=O) groups excluding carboxylic acids is 2. The topological polar surface area (TPSA) is 98.6 Å². The Morgan fingerprint density at radius 1 is 1.10 bits per heavy atom. The zero-order valence-electron chi connectivity index (χ0n) is 16.0. The standard InChI is InChI=1S/C20H22N6O2S/c1-24-9-11-25(12-10-24)20(28)26(14-5-3-2-4-6-14)15-13-22-23-18(15)16-7-8-17(29-16)19(21)27/h2-8,13H,9-12H2,1H3,(H2,21,27)(H,22,23). The number of urea groups is 1. The first kappa shape index (κ1) is 19.2. The van der Waals surface area contributed by atoms with E-state index in [0.717, 1.165) is 23.7 Å². The Labute approximate surface area is 172 Å². The molecule has 3 amide bonds. The van der Waals surface area contributed by atoms with E-state index in [-0.39, 0.29) is 6.03 Å². The van der Waals surface area contributed by atoms with Crippen LogP contribution in [-0.2, 0) is 0 Å². The van der Waals surface area contributed by atoms with Crippen LogP contribution in [0.2, 0.25) is 0 Å². The Morgan fingerprint density at radius 3 is 2.48 bits per heavy atom. The van der Waals surface area contributed by atoms with Gasteiger partial charge in [0, 0.05) is 26.2 Å². The summed E-state index contributed by atoms with van der Waals surface area (Å²) in [6.45, 7) is 2.99. The summed E-state index contributed by atoms with van der Waals surface area (Å²) in [7, 11) is 2.05. The summed E-state index contributed by atoms with van der Waals surface area (Å²) in [5, 5.41) is 7.16. The van der Waals surface area contributed by atoms with Gasteiger partial charge in [0.1, 0.15) is 0 Å². The van der Waals surface area contributed by atoms with E-state index in [1.807, 2.05) is 41.3 Å². The third kappa shape index (κ3) is 3.87. The smallest absolute Gasteiger partial charge is 0.329 e. The molecule has 29 heavy (non-hydrogen) atoms. The summed E-state index contributed by atoms with van der Waals surface area (Å²) in [5.41, 5.74) is 7.46. The van der Waals surface area contributed by atoms with Crippen LogP contribution in [0, 0.1) is 0 Å². The van der Waals surface area contributed by atoms with E-state index in [9.17, 15) is 9.59 Å². The molecule has 1 aromatic carbocycles. The molecule has 1 aliphatic rings. The number of H-pyrrole nitrogens is 1. The number of nitrogens with two attached hydrogens (primary N) is 1. The number of nitrogens with one attached hydrogen (secondary N) is 1. The Morgan fingerprint density at radius 2 is 1.83 bits per heavy atom. The van der Waals surface area contributed by atoms with Crippen LogP contribution >= 0.6 is 11.3 Å². The molecule has 0 aliphatic carbocycles. The molecule has 0 atom stereocenters. The SMILES string of the molecule is CN1CCN(C(=O)N(c2ccccc2)c2cn[nH]c2-c2ccc(C(N)=O)s2)CC1. The molecule has 0 spiro atoms. The molecule has 4 rings (SSSR count). The fourth-order valence-electron chi connectivity index (χ4n) is 3.30. The normalized spacial score (nSPS) is 14.7. The van der Waals surface area contributed by atoms with Crippen LogP contribution in [-0.4, -0.2) is 65.2 Å². The molecule has 8 nitrogen and oxygen atoms in total. The van der Waals surface area contributed by atoms with Gasteiger partial charge in [-0.05, 0) is 31.3 Å². The van der Waals surface area contributed by atoms with Crippen molar-refractivity contribution in [3.63, 3.8) is 0 Å². The molecular weight excluding hydrogens is 388 g/mol. The Hall–Kier alpha value is -3.17. The number of thiophene rings is 1. The van der Waals surface area contributed by atoms with Crippen molar-refractivity contribution in [1.29, 1.82) is 0 Å². The van der Waals surface area contributed by atoms with Crippen LogP contribution in [0.3, 0.4) is 0 Å². The van der Waals surface area contributed by atoms with Crippen molar-refractivity contribution in [2.75, 3.05) is 38.1 Å². The zero-order chi connectivity index (χ0) is 20.4. The second-order valence-corrected chi connectivity index (χ2v) is 7.99. The van der Waals surface area contributed by atoms with E-state index >= 15 is 0 Å². The van der Waals surface area contributed by atoms with Gasteiger partial charge in [-0.2, -0.15) is 5.10 Å². The van der Waals surface area contributed by atoms with Gasteiger partial charge >= 0.3 is 6.03 Å². The van der Waals surface area contributed by atoms with Crippen molar-refractivity contribution in [3.8, 4) is 10.6 Å². The number of hydrogen-bond donors (Lipinski definition) is 2. The van der Waals surface area contributed by atoms with Crippen LogP contribution in [0.4, 0.5) is 16.2 Å². The molecule has 3 N–H and O–H groups in total. The number of amides is 3. The summed E-state index contributed by atoms with van der Waals surface area (Å²) >= 11 is 1.27. The minimum absolute atomic E-state index is 0.0985. The van der Waals surface area contributed by atoms with E-state index in [1.54, 1.807) is 17.2 Å². The van der Waals surface area contributed by atoms with Crippen molar-refractivity contribution in [1.82, 2.24) is 20.0 Å². The number of nitrogens with zero attached hydrogens (tertiary/aromatic N) is 4. The predicted octanol–water partition coefficient (Wildman–Crippen LogP) is 2.74. The first-order valence-electron chi connectivity index (χ1n) is 9.30. The van der Waals surface area contributed by atoms with E-state index in [1.165, 1.54) is 11.3 Å². The first-order chi connectivity index (χ1) is 14.0. The molecule has 2 aromatic heterocycles. The summed E-state index contributed by atoms with van der Waals surface area (Å²) in [5.74, 6) is -0.476. The second-order valence-electron chi connectivity index (χ2n) is 6.90. The first-order valence-corrected chi connectivity index (χ1v) is 10.1. The molecule has 0 saturated carbocycles. The van der Waals surface area contributed by atoms with Gasteiger partial charge in [0.05, 0.1) is 33.0 Å². The molecule has 1 fully saturated rings. The number of benzene rings is 1. The average molecular weight is 411 g/mol. The third-order valence-electron chi connectivity index (χ3n) is 4.93. The number of anilines is 2. The number of para-hydroxylation sites is 1. The van der Waals surface area contributed by atoms with Gasteiger partial charge in [-0.25, -0.2) is 4.79 Å². The lowest BCUT2D eigenvalue weighted by atomic mass is 10.2. The quantitative estimate of drug-likeness (QED) is 0.691. The number of primary amides is 1. The lowest BCUT2D eigenvalue weighted by Crippen LogP contribution is -2.51. The zero-order valence-corrected chi connectivity index (χ0v) is 16.9. The number of piperazine rings is 1. The predicted molar refractivity (Wildman–Crippen MR) is 113 cm³/mol. The Kier molecular flexibility index (Phi) is 5.32. The van der Waals surface area contributed by atoms with Gasteiger partial charge in [-0.3, -0.25) is 14.8 Å². The monoisotopic (exact) mass is 410 g/mol. The molecule has 0 bridgehead atoms. The average Bonchev–Trinajstić information content (AvgIpc) is 3.39. The van der Waals surface area contributed by atoms with Crippen LogP contribution in [0.5, 0.6) is 0 Å². The molecular formula is C20H22N6O2S. The summed E-state index contributed by atoms with van der Waals surface area (Å²) in [6, 6.07) is 12.9. The lowest BCUT2D eigenvalue weighted by molar-refractivity contribution is 0.100. The van der Waals surface area contributed by atoms with Gasteiger partial charge in [0.15, 0.2) is 0 Å². The molecule has 0 radical (unpaired) electrons. The fourth-order valence-corrected chi connectivity index (χ4v) is 4.17. The lowest BCUT2D eigenvalue weighted by Gasteiger charge is -2.36. The molecule has 1 saturated heterocycles. The summed E-state index contributed by atoms with van der Waals surface area (Å²) < 4.78 is 0. The third-order valence-corrected chi connectivity index (χ3v) is 6.05. The van der Waals surface area contributed by atoms with Crippen LogP contribution in [0.15, 0.2) is 48.7 Å². The molecule has 1 aliphatic heterocycles. The number of likely N-dealkylation sites (N-methyl/N-ethyl adjacent to an activating group) is 1. The van der Waals surface area contributed by atoms with Gasteiger partial charge in [-0.1, -0.05) is 18.2 Å². The minimum atomic E-state index is -0.476. The van der Waals surface area contributed by atoms with Crippen molar-refractivity contribution in [2.45, 2.75) is 0 Å². The Bertz CT molecular complexity index is 1010. The van der Waals surface area contributed by atoms with E-state index in [2.05, 4.69) is 22.1 Å². The fraction of sp³-hybridized carbons (Fsp3) is 0.250. The largest absolute Gasteiger partial charge is 0.365 e. The number of hydrogen-bond acceptors (Lipinski definition) is 5. The van der Waals surface area contributed by atoms with Crippen molar-refractivity contribution < 1.29 is 9.59 Å². The van der Waals surface area contributed by atoms with Crippen molar-refractivity contribution >= 4 is 34.6 Å². The highest BCUT2D eigenvalue weighted by Gasteiger charge is 2.29. The van der Waals surface area contributed by atoms with Gasteiger partial charge in [0.25, 0.3) is 5.91 Å². The minimum Gasteiger partial charge on any atom is -0.365 e. The summed E-state index contributed by atoms with van der Waals surface area (Å²) in [4.78, 5) is 32.0. The van der Waals surface area contributed by atoms with Crippen molar-refractivity contribution in [2.24, 2.45) is 5.73 Å². The van der Waals surface area contributed by atoms with Gasteiger partial charge < -0.3 is 15.5 Å². The van der Waals surface area contributed by atoms with Crippen molar-refractivity contribution in [3.05, 3.63) is 53.5 Å². The second kappa shape index (κ2) is 8.06.